The molecule has 1 fully saturated rings. The van der Waals surface area contributed by atoms with Crippen molar-refractivity contribution in [3.05, 3.63) is 0 Å². The van der Waals surface area contributed by atoms with Gasteiger partial charge in [-0.1, -0.05) is 0 Å². The van der Waals surface area contributed by atoms with Gasteiger partial charge in [-0.3, -0.25) is 9.59 Å². The van der Waals surface area contributed by atoms with E-state index in [-0.39, 0.29) is 12.5 Å². The quantitative estimate of drug-likeness (QED) is 0.414. The first-order valence-corrected chi connectivity index (χ1v) is 3.86. The fourth-order valence-electron chi connectivity index (χ4n) is 1.21. The van der Waals surface area contributed by atoms with E-state index < -0.39 is 17.9 Å². The van der Waals surface area contributed by atoms with Gasteiger partial charge in [0.15, 0.2) is 0 Å². The standard InChI is InChI=1S/C7H12N2O3/c8-6(11)5-2-1-4(10)3-9-7(5)12/h4-5,10H,1-3H2,(H2,8,11)(H,9,12)/t4-,5+/m1/s1. The highest BCUT2D eigenvalue weighted by Crippen LogP contribution is 2.11. The molecule has 1 aliphatic rings. The highest BCUT2D eigenvalue weighted by molar-refractivity contribution is 5.99. The predicted octanol–water partition coefficient (Wildman–Crippen LogP) is -1.64. The second kappa shape index (κ2) is 3.53. The van der Waals surface area contributed by atoms with Crippen LogP contribution >= 0.6 is 0 Å². The monoisotopic (exact) mass is 172 g/mol. The Bertz CT molecular complexity index is 205. The maximum atomic E-state index is 11.1. The number of hydrogen-bond acceptors (Lipinski definition) is 3. The number of hydrogen-bond donors (Lipinski definition) is 3. The van der Waals surface area contributed by atoms with E-state index in [1.807, 2.05) is 0 Å². The third kappa shape index (κ3) is 1.94. The summed E-state index contributed by atoms with van der Waals surface area (Å²) in [6, 6.07) is 0. The summed E-state index contributed by atoms with van der Waals surface area (Å²) < 4.78 is 0. The molecule has 68 valence electrons. The Morgan fingerprint density at radius 2 is 2.25 bits per heavy atom. The van der Waals surface area contributed by atoms with E-state index in [4.69, 9.17) is 10.8 Å². The van der Waals surface area contributed by atoms with Gasteiger partial charge in [0.25, 0.3) is 0 Å². The summed E-state index contributed by atoms with van der Waals surface area (Å²) in [6.07, 6.45) is 0.215. The van der Waals surface area contributed by atoms with Crippen LogP contribution in [-0.2, 0) is 9.59 Å². The molecule has 1 rings (SSSR count). The first-order chi connectivity index (χ1) is 5.61. The number of nitrogens with two attached hydrogens (primary N) is 1. The summed E-state index contributed by atoms with van der Waals surface area (Å²) in [5, 5.41) is 11.6. The summed E-state index contributed by atoms with van der Waals surface area (Å²) in [5.74, 6) is -1.78. The lowest BCUT2D eigenvalue weighted by Crippen LogP contribution is -2.38. The summed E-state index contributed by atoms with van der Waals surface area (Å²) in [4.78, 5) is 21.8. The molecule has 0 aliphatic carbocycles. The van der Waals surface area contributed by atoms with Crippen molar-refractivity contribution in [3.63, 3.8) is 0 Å². The first kappa shape index (κ1) is 8.99. The number of rotatable bonds is 1. The van der Waals surface area contributed by atoms with Crippen LogP contribution in [0.1, 0.15) is 12.8 Å². The fourth-order valence-corrected chi connectivity index (χ4v) is 1.21. The van der Waals surface area contributed by atoms with Crippen LogP contribution in [0.15, 0.2) is 0 Å². The van der Waals surface area contributed by atoms with E-state index in [0.29, 0.717) is 12.8 Å². The molecule has 0 bridgehead atoms. The number of nitrogens with one attached hydrogen (secondary N) is 1. The molecule has 0 aromatic heterocycles. The molecular formula is C7H12N2O3. The zero-order valence-corrected chi connectivity index (χ0v) is 6.62. The van der Waals surface area contributed by atoms with E-state index >= 15 is 0 Å². The van der Waals surface area contributed by atoms with Gasteiger partial charge >= 0.3 is 0 Å². The first-order valence-electron chi connectivity index (χ1n) is 3.86. The van der Waals surface area contributed by atoms with Crippen LogP contribution < -0.4 is 11.1 Å². The Balaban J connectivity index is 2.62. The summed E-state index contributed by atoms with van der Waals surface area (Å²) in [7, 11) is 0. The lowest BCUT2D eigenvalue weighted by molar-refractivity contribution is -0.133. The van der Waals surface area contributed by atoms with Gasteiger partial charge in [0.1, 0.15) is 5.92 Å². The third-order valence-corrected chi connectivity index (χ3v) is 1.96. The fraction of sp³-hybridized carbons (Fsp3) is 0.714. The van der Waals surface area contributed by atoms with Crippen molar-refractivity contribution in [2.24, 2.45) is 11.7 Å². The van der Waals surface area contributed by atoms with Crippen molar-refractivity contribution in [2.75, 3.05) is 6.54 Å². The van der Waals surface area contributed by atoms with Gasteiger partial charge in [-0.2, -0.15) is 0 Å². The molecule has 0 saturated carbocycles. The molecule has 12 heavy (non-hydrogen) atoms. The number of aliphatic hydroxyl groups excluding tert-OH is 1. The summed E-state index contributed by atoms with van der Waals surface area (Å²) >= 11 is 0. The van der Waals surface area contributed by atoms with Crippen LogP contribution in [0.3, 0.4) is 0 Å². The largest absolute Gasteiger partial charge is 0.391 e. The highest BCUT2D eigenvalue weighted by Gasteiger charge is 2.28. The molecule has 1 heterocycles. The minimum atomic E-state index is -0.776. The summed E-state index contributed by atoms with van der Waals surface area (Å²) in [6.45, 7) is 0.211. The van der Waals surface area contributed by atoms with E-state index in [0.717, 1.165) is 0 Å². The van der Waals surface area contributed by atoms with Gasteiger partial charge in [0, 0.05) is 6.54 Å². The van der Waals surface area contributed by atoms with E-state index in [1.54, 1.807) is 0 Å². The van der Waals surface area contributed by atoms with E-state index in [2.05, 4.69) is 5.32 Å². The van der Waals surface area contributed by atoms with Gasteiger partial charge in [-0.15, -0.1) is 0 Å². The lowest BCUT2D eigenvalue weighted by atomic mass is 10.0. The number of β-amino-alcohol motifs (C(OH)–C–C–N with tert-alkyl or cyclic N) is 1. The Morgan fingerprint density at radius 1 is 1.58 bits per heavy atom. The highest BCUT2D eigenvalue weighted by atomic mass is 16.3. The van der Waals surface area contributed by atoms with Crippen LogP contribution in [0.4, 0.5) is 0 Å². The Morgan fingerprint density at radius 3 is 2.83 bits per heavy atom. The number of primary amides is 1. The second-order valence-electron chi connectivity index (χ2n) is 2.93. The normalized spacial score (nSPS) is 30.6. The van der Waals surface area contributed by atoms with Crippen molar-refractivity contribution >= 4 is 11.8 Å². The van der Waals surface area contributed by atoms with Gasteiger partial charge < -0.3 is 16.2 Å². The van der Waals surface area contributed by atoms with E-state index in [1.165, 1.54) is 0 Å². The molecule has 0 unspecified atom stereocenters. The smallest absolute Gasteiger partial charge is 0.232 e. The molecule has 0 radical (unpaired) electrons. The molecule has 0 aromatic carbocycles. The molecular weight excluding hydrogens is 160 g/mol. The molecule has 2 amide bonds. The van der Waals surface area contributed by atoms with E-state index in [9.17, 15) is 9.59 Å². The van der Waals surface area contributed by atoms with Crippen molar-refractivity contribution in [3.8, 4) is 0 Å². The molecule has 2 atom stereocenters. The number of amides is 2. The van der Waals surface area contributed by atoms with Crippen LogP contribution in [0.25, 0.3) is 0 Å². The molecule has 5 nitrogen and oxygen atoms in total. The van der Waals surface area contributed by atoms with Crippen LogP contribution in [0, 0.1) is 5.92 Å². The van der Waals surface area contributed by atoms with Crippen molar-refractivity contribution in [1.29, 1.82) is 0 Å². The van der Waals surface area contributed by atoms with Crippen LogP contribution in [0.2, 0.25) is 0 Å². The molecule has 1 saturated heterocycles. The Kier molecular flexibility index (Phi) is 2.65. The molecule has 0 spiro atoms. The van der Waals surface area contributed by atoms with Crippen LogP contribution in [-0.4, -0.2) is 29.6 Å². The number of aliphatic hydroxyl groups is 1. The zero-order chi connectivity index (χ0) is 9.14. The van der Waals surface area contributed by atoms with Gasteiger partial charge in [0.05, 0.1) is 6.10 Å². The number of carbonyl (C=O) groups excluding carboxylic acids is 2. The Hall–Kier alpha value is -1.10. The SMILES string of the molecule is NC(=O)[C@@H]1CC[C@@H](O)CNC1=O. The average Bonchev–Trinajstić information content (AvgIpc) is 2.14. The van der Waals surface area contributed by atoms with Crippen molar-refractivity contribution < 1.29 is 14.7 Å². The average molecular weight is 172 g/mol. The molecule has 1 aliphatic heterocycles. The maximum Gasteiger partial charge on any atom is 0.232 e. The van der Waals surface area contributed by atoms with Crippen LogP contribution in [0.5, 0.6) is 0 Å². The van der Waals surface area contributed by atoms with Crippen molar-refractivity contribution in [2.45, 2.75) is 18.9 Å². The topological polar surface area (TPSA) is 92.4 Å². The molecule has 4 N–H and O–H groups in total. The van der Waals surface area contributed by atoms with Crippen molar-refractivity contribution in [1.82, 2.24) is 5.32 Å². The Labute approximate surface area is 69.9 Å². The second-order valence-corrected chi connectivity index (χ2v) is 2.93. The number of carbonyl (C=O) groups is 2. The molecule has 5 heteroatoms. The van der Waals surface area contributed by atoms with Gasteiger partial charge in [0.2, 0.25) is 11.8 Å². The summed E-state index contributed by atoms with van der Waals surface area (Å²) in [5.41, 5.74) is 4.99. The van der Waals surface area contributed by atoms with Gasteiger partial charge in [-0.05, 0) is 12.8 Å². The van der Waals surface area contributed by atoms with Gasteiger partial charge in [-0.25, -0.2) is 0 Å². The minimum Gasteiger partial charge on any atom is -0.391 e. The predicted molar refractivity (Wildman–Crippen MR) is 40.9 cm³/mol. The zero-order valence-electron chi connectivity index (χ0n) is 6.62. The molecule has 0 aromatic rings. The maximum absolute atomic E-state index is 11.1. The third-order valence-electron chi connectivity index (χ3n) is 1.96. The minimum absolute atomic E-state index is 0.211. The lowest BCUT2D eigenvalue weighted by Gasteiger charge is -2.06.